The molecule has 1 fully saturated rings. The van der Waals surface area contributed by atoms with E-state index in [2.05, 4.69) is 0 Å². The Morgan fingerprint density at radius 1 is 1.35 bits per heavy atom. The summed E-state index contributed by atoms with van der Waals surface area (Å²) >= 11 is 6.11. The van der Waals surface area contributed by atoms with Gasteiger partial charge in [0.2, 0.25) is 0 Å². The number of aryl methyl sites for hydroxylation is 2. The van der Waals surface area contributed by atoms with E-state index in [-0.39, 0.29) is 24.3 Å². The highest BCUT2D eigenvalue weighted by Gasteiger charge is 2.32. The molecule has 6 heteroatoms. The lowest BCUT2D eigenvalue weighted by atomic mass is 9.87. The molecular weight excluding hydrogens is 318 g/mol. The van der Waals surface area contributed by atoms with Crippen molar-refractivity contribution in [2.24, 2.45) is 11.8 Å². The van der Waals surface area contributed by atoms with Crippen molar-refractivity contribution in [3.63, 3.8) is 0 Å². The first-order valence-corrected chi connectivity index (χ1v) is 8.07. The topological polar surface area (TPSA) is 66.8 Å². The van der Waals surface area contributed by atoms with Crippen LogP contribution in [-0.4, -0.2) is 41.6 Å². The van der Waals surface area contributed by atoms with Crippen LogP contribution in [0.5, 0.6) is 5.75 Å². The molecule has 1 N–H and O–H groups in total. The first-order chi connectivity index (χ1) is 10.8. The van der Waals surface area contributed by atoms with Crippen LogP contribution in [0.4, 0.5) is 0 Å². The molecule has 2 unspecified atom stereocenters. The molecule has 0 bridgehead atoms. The molecule has 0 aromatic heterocycles. The third-order valence-electron chi connectivity index (χ3n) is 4.35. The van der Waals surface area contributed by atoms with Gasteiger partial charge in [-0.15, -0.1) is 0 Å². The Morgan fingerprint density at radius 2 is 1.96 bits per heavy atom. The average molecular weight is 340 g/mol. The Morgan fingerprint density at radius 3 is 2.48 bits per heavy atom. The Bertz CT molecular complexity index is 594. The van der Waals surface area contributed by atoms with Gasteiger partial charge in [-0.25, -0.2) is 0 Å². The standard InChI is InChI=1S/C17H22ClNO4/c1-10-6-13(7-11(2)16(10)18)23-9-15(20)19-5-4-14(17(21)22)12(3)8-19/h6-7,12,14H,4-5,8-9H2,1-3H3,(H,21,22). The van der Waals surface area contributed by atoms with Crippen LogP contribution in [0, 0.1) is 25.7 Å². The Balaban J connectivity index is 1.92. The van der Waals surface area contributed by atoms with Gasteiger partial charge in [0.05, 0.1) is 5.92 Å². The molecule has 1 amide bonds. The quantitative estimate of drug-likeness (QED) is 0.916. The normalized spacial score (nSPS) is 21.1. The number of carbonyl (C=O) groups excluding carboxylic acids is 1. The number of hydrogen-bond donors (Lipinski definition) is 1. The summed E-state index contributed by atoms with van der Waals surface area (Å²) in [6.07, 6.45) is 0.488. The maximum atomic E-state index is 12.3. The zero-order chi connectivity index (χ0) is 17.1. The van der Waals surface area contributed by atoms with Crippen LogP contribution in [0.1, 0.15) is 24.5 Å². The minimum absolute atomic E-state index is 0.0506. The smallest absolute Gasteiger partial charge is 0.306 e. The molecule has 126 valence electrons. The highest BCUT2D eigenvalue weighted by Crippen LogP contribution is 2.26. The Kier molecular flexibility index (Phi) is 5.52. The summed E-state index contributed by atoms with van der Waals surface area (Å²) in [6.45, 7) is 6.51. The highest BCUT2D eigenvalue weighted by atomic mass is 35.5. The van der Waals surface area contributed by atoms with E-state index >= 15 is 0 Å². The monoisotopic (exact) mass is 339 g/mol. The van der Waals surface area contributed by atoms with Crippen molar-refractivity contribution in [1.29, 1.82) is 0 Å². The number of carbonyl (C=O) groups is 2. The fourth-order valence-electron chi connectivity index (χ4n) is 2.96. The number of halogens is 1. The van der Waals surface area contributed by atoms with Crippen molar-refractivity contribution in [2.45, 2.75) is 27.2 Å². The van der Waals surface area contributed by atoms with E-state index in [0.29, 0.717) is 30.3 Å². The Hall–Kier alpha value is -1.75. The average Bonchev–Trinajstić information content (AvgIpc) is 2.49. The second kappa shape index (κ2) is 7.21. The van der Waals surface area contributed by atoms with Crippen molar-refractivity contribution in [1.82, 2.24) is 4.90 Å². The van der Waals surface area contributed by atoms with Crippen molar-refractivity contribution in [2.75, 3.05) is 19.7 Å². The molecule has 1 saturated heterocycles. The van der Waals surface area contributed by atoms with Gasteiger partial charge >= 0.3 is 5.97 Å². The van der Waals surface area contributed by atoms with Gasteiger partial charge in [0.15, 0.2) is 6.61 Å². The van der Waals surface area contributed by atoms with Crippen LogP contribution < -0.4 is 4.74 Å². The van der Waals surface area contributed by atoms with E-state index in [1.807, 2.05) is 32.9 Å². The summed E-state index contributed by atoms with van der Waals surface area (Å²) in [5.74, 6) is -0.711. The fourth-order valence-corrected chi connectivity index (χ4v) is 3.07. The van der Waals surface area contributed by atoms with Crippen LogP contribution in [0.25, 0.3) is 0 Å². The van der Waals surface area contributed by atoms with Crippen LogP contribution in [0.3, 0.4) is 0 Å². The maximum Gasteiger partial charge on any atom is 0.306 e. The number of rotatable bonds is 4. The molecule has 1 heterocycles. The maximum absolute atomic E-state index is 12.3. The van der Waals surface area contributed by atoms with Gasteiger partial charge in [-0.1, -0.05) is 18.5 Å². The van der Waals surface area contributed by atoms with Crippen molar-refractivity contribution in [3.8, 4) is 5.75 Å². The molecule has 0 saturated carbocycles. The second-order valence-electron chi connectivity index (χ2n) is 6.21. The van der Waals surface area contributed by atoms with Gasteiger partial charge in [0, 0.05) is 18.1 Å². The zero-order valence-corrected chi connectivity index (χ0v) is 14.4. The summed E-state index contributed by atoms with van der Waals surface area (Å²) in [5.41, 5.74) is 1.81. The second-order valence-corrected chi connectivity index (χ2v) is 6.59. The number of benzene rings is 1. The molecule has 0 aliphatic carbocycles. The lowest BCUT2D eigenvalue weighted by Gasteiger charge is -2.34. The van der Waals surface area contributed by atoms with Gasteiger partial charge in [0.25, 0.3) is 5.91 Å². The van der Waals surface area contributed by atoms with E-state index in [4.69, 9.17) is 21.4 Å². The number of piperidine rings is 1. The molecule has 1 aliphatic rings. The SMILES string of the molecule is Cc1cc(OCC(=O)N2CCC(C(=O)O)C(C)C2)cc(C)c1Cl. The minimum atomic E-state index is -0.784. The van der Waals surface area contributed by atoms with Crippen LogP contribution in [0.15, 0.2) is 12.1 Å². The molecule has 1 aliphatic heterocycles. The van der Waals surface area contributed by atoms with Crippen molar-refractivity contribution >= 4 is 23.5 Å². The molecule has 2 rings (SSSR count). The molecule has 5 nitrogen and oxygen atoms in total. The van der Waals surface area contributed by atoms with Crippen molar-refractivity contribution in [3.05, 3.63) is 28.3 Å². The van der Waals surface area contributed by atoms with E-state index in [0.717, 1.165) is 11.1 Å². The number of nitrogens with zero attached hydrogens (tertiary/aromatic N) is 1. The molecule has 23 heavy (non-hydrogen) atoms. The van der Waals surface area contributed by atoms with Crippen molar-refractivity contribution < 1.29 is 19.4 Å². The van der Waals surface area contributed by atoms with Gasteiger partial charge < -0.3 is 14.7 Å². The van der Waals surface area contributed by atoms with Crippen LogP contribution in [0.2, 0.25) is 5.02 Å². The lowest BCUT2D eigenvalue weighted by Crippen LogP contribution is -2.46. The first kappa shape index (κ1) is 17.6. The number of amides is 1. The van der Waals surface area contributed by atoms with E-state index in [1.165, 1.54) is 0 Å². The minimum Gasteiger partial charge on any atom is -0.484 e. The van der Waals surface area contributed by atoms with E-state index < -0.39 is 5.97 Å². The number of ether oxygens (including phenoxy) is 1. The number of aliphatic carboxylic acids is 1. The number of carboxylic acid groups (broad SMARTS) is 1. The summed E-state index contributed by atoms with van der Waals surface area (Å²) < 4.78 is 5.58. The lowest BCUT2D eigenvalue weighted by molar-refractivity contribution is -0.148. The molecular formula is C17H22ClNO4. The number of hydrogen-bond acceptors (Lipinski definition) is 3. The number of likely N-dealkylation sites (tertiary alicyclic amines) is 1. The fraction of sp³-hybridized carbons (Fsp3) is 0.529. The largest absolute Gasteiger partial charge is 0.484 e. The summed E-state index contributed by atoms with van der Waals surface area (Å²) in [7, 11) is 0. The first-order valence-electron chi connectivity index (χ1n) is 7.69. The van der Waals surface area contributed by atoms with Crippen LogP contribution >= 0.6 is 11.6 Å². The molecule has 2 atom stereocenters. The molecule has 0 spiro atoms. The molecule has 0 radical (unpaired) electrons. The molecule has 1 aromatic rings. The van der Waals surface area contributed by atoms with Gasteiger partial charge in [-0.3, -0.25) is 9.59 Å². The molecule has 1 aromatic carbocycles. The zero-order valence-electron chi connectivity index (χ0n) is 13.6. The number of carboxylic acids is 1. The Labute approximate surface area is 141 Å². The van der Waals surface area contributed by atoms with E-state index in [1.54, 1.807) is 4.90 Å². The third-order valence-corrected chi connectivity index (χ3v) is 4.94. The predicted octanol–water partition coefficient (Wildman–Crippen LogP) is 2.90. The third kappa shape index (κ3) is 4.16. The summed E-state index contributed by atoms with van der Waals surface area (Å²) in [6, 6.07) is 3.61. The summed E-state index contributed by atoms with van der Waals surface area (Å²) in [4.78, 5) is 25.0. The van der Waals surface area contributed by atoms with Crippen LogP contribution in [-0.2, 0) is 9.59 Å². The van der Waals surface area contributed by atoms with Gasteiger partial charge in [0.1, 0.15) is 5.75 Å². The predicted molar refractivity (Wildman–Crippen MR) is 87.9 cm³/mol. The van der Waals surface area contributed by atoms with Gasteiger partial charge in [-0.05, 0) is 49.4 Å². The summed E-state index contributed by atoms with van der Waals surface area (Å²) in [5, 5.41) is 9.82. The van der Waals surface area contributed by atoms with E-state index in [9.17, 15) is 9.59 Å². The highest BCUT2D eigenvalue weighted by molar-refractivity contribution is 6.32. The van der Waals surface area contributed by atoms with Gasteiger partial charge in [-0.2, -0.15) is 0 Å².